The number of allylic oxidation sites excluding steroid dienone is 2. The molecule has 1 nitrogen and oxygen atoms in total. The summed E-state index contributed by atoms with van der Waals surface area (Å²) in [5.74, 6) is -0.790. The number of nitriles is 1. The molecule has 0 aliphatic heterocycles. The zero-order valence-corrected chi connectivity index (χ0v) is 10.1. The van der Waals surface area contributed by atoms with Gasteiger partial charge in [-0.15, -0.1) is 0 Å². The molecule has 94 valence electrons. The summed E-state index contributed by atoms with van der Waals surface area (Å²) < 4.78 is 26.0. The van der Waals surface area contributed by atoms with Crippen LogP contribution in [0, 0.1) is 28.9 Å². The Bertz CT molecular complexity index is 480. The van der Waals surface area contributed by atoms with Crippen molar-refractivity contribution >= 4 is 0 Å². The minimum atomic E-state index is -0.788. The van der Waals surface area contributed by atoms with Gasteiger partial charge in [0.2, 0.25) is 0 Å². The first-order valence-corrected chi connectivity index (χ1v) is 6.22. The lowest BCUT2D eigenvalue weighted by molar-refractivity contribution is 0.374. The largest absolute Gasteiger partial charge is 0.204 e. The lowest BCUT2D eigenvalue weighted by Crippen LogP contribution is -2.12. The molecule has 0 saturated heterocycles. The molecule has 1 aromatic rings. The van der Waals surface area contributed by atoms with Gasteiger partial charge in [0.05, 0.1) is 6.07 Å². The van der Waals surface area contributed by atoms with Crippen LogP contribution in [0.5, 0.6) is 0 Å². The van der Waals surface area contributed by atoms with Crippen LogP contribution >= 0.6 is 0 Å². The van der Waals surface area contributed by atoms with Crippen LogP contribution in [0.15, 0.2) is 30.4 Å². The highest BCUT2D eigenvalue weighted by Gasteiger charge is 2.21. The Hall–Kier alpha value is -1.69. The highest BCUT2D eigenvalue weighted by molar-refractivity contribution is 5.22. The Labute approximate surface area is 106 Å². The first-order valence-electron chi connectivity index (χ1n) is 6.22. The van der Waals surface area contributed by atoms with E-state index in [-0.39, 0.29) is 0 Å². The molecule has 0 atom stereocenters. The normalized spacial score (nSPS) is 24.1. The van der Waals surface area contributed by atoms with E-state index >= 15 is 0 Å². The fourth-order valence-electron chi connectivity index (χ4n) is 2.59. The average Bonchev–Trinajstić information content (AvgIpc) is 2.40. The van der Waals surface area contributed by atoms with Crippen molar-refractivity contribution in [3.8, 4) is 6.07 Å². The van der Waals surface area contributed by atoms with Crippen molar-refractivity contribution in [1.29, 1.82) is 5.26 Å². The van der Waals surface area contributed by atoms with E-state index in [1.807, 2.05) is 12.1 Å². The summed E-state index contributed by atoms with van der Waals surface area (Å²) in [6.45, 7) is 0. The minimum absolute atomic E-state index is 0.312. The van der Waals surface area contributed by atoms with Crippen molar-refractivity contribution in [3.05, 3.63) is 47.5 Å². The van der Waals surface area contributed by atoms with Gasteiger partial charge < -0.3 is 0 Å². The Morgan fingerprint density at radius 2 is 1.83 bits per heavy atom. The predicted octanol–water partition coefficient (Wildman–Crippen LogP) is 4.32. The molecule has 18 heavy (non-hydrogen) atoms. The number of nitrogens with zero attached hydrogens (tertiary/aromatic N) is 1. The van der Waals surface area contributed by atoms with Crippen LogP contribution in [-0.4, -0.2) is 0 Å². The molecule has 3 heteroatoms. The average molecular weight is 247 g/mol. The van der Waals surface area contributed by atoms with Crippen molar-refractivity contribution in [3.63, 3.8) is 0 Å². The van der Waals surface area contributed by atoms with Gasteiger partial charge in [-0.1, -0.05) is 12.1 Å². The molecule has 1 aliphatic carbocycles. The number of rotatable bonds is 2. The summed E-state index contributed by atoms with van der Waals surface area (Å²) in [7, 11) is 0. The molecule has 1 fully saturated rings. The summed E-state index contributed by atoms with van der Waals surface area (Å²) in [6, 6.07) is 6.19. The maximum absolute atomic E-state index is 13.2. The topological polar surface area (TPSA) is 23.8 Å². The Balaban J connectivity index is 1.99. The molecule has 0 spiro atoms. The highest BCUT2D eigenvalue weighted by Crippen LogP contribution is 2.36. The standard InChI is InChI=1S/C15H15F2N/c16-14-8-7-13(10-15(14)17)12-5-3-11(4-6-12)2-1-9-18/h1-2,7-8,10-12H,3-6H2/b2-1+/t11-,12-. The zero-order chi connectivity index (χ0) is 13.0. The third-order valence-electron chi connectivity index (χ3n) is 3.63. The fraction of sp³-hybridized carbons (Fsp3) is 0.400. The van der Waals surface area contributed by atoms with Gasteiger partial charge in [-0.2, -0.15) is 5.26 Å². The molecular weight excluding hydrogens is 232 g/mol. The van der Waals surface area contributed by atoms with Crippen LogP contribution in [0.2, 0.25) is 0 Å². The predicted molar refractivity (Wildman–Crippen MR) is 65.8 cm³/mol. The summed E-state index contributed by atoms with van der Waals surface area (Å²) in [5.41, 5.74) is 0.886. The second kappa shape index (κ2) is 5.77. The summed E-state index contributed by atoms with van der Waals surface area (Å²) in [4.78, 5) is 0. The van der Waals surface area contributed by atoms with Gasteiger partial charge in [-0.3, -0.25) is 0 Å². The summed E-state index contributed by atoms with van der Waals surface area (Å²) >= 11 is 0. The molecule has 2 rings (SSSR count). The minimum Gasteiger partial charge on any atom is -0.204 e. The van der Waals surface area contributed by atoms with Gasteiger partial charge in [0.1, 0.15) is 0 Å². The number of hydrogen-bond acceptors (Lipinski definition) is 1. The molecule has 0 N–H and O–H groups in total. The van der Waals surface area contributed by atoms with Gasteiger partial charge in [0.15, 0.2) is 11.6 Å². The number of halogens is 2. The van der Waals surface area contributed by atoms with Gasteiger partial charge in [0.25, 0.3) is 0 Å². The molecule has 0 unspecified atom stereocenters. The van der Waals surface area contributed by atoms with Crippen molar-refractivity contribution in [2.45, 2.75) is 31.6 Å². The van der Waals surface area contributed by atoms with E-state index in [1.54, 1.807) is 6.07 Å². The molecule has 1 saturated carbocycles. The van der Waals surface area contributed by atoms with Crippen molar-refractivity contribution in [2.75, 3.05) is 0 Å². The molecule has 1 aromatic carbocycles. The van der Waals surface area contributed by atoms with Crippen LogP contribution < -0.4 is 0 Å². The Morgan fingerprint density at radius 1 is 1.11 bits per heavy atom. The second-order valence-electron chi connectivity index (χ2n) is 4.77. The van der Waals surface area contributed by atoms with E-state index in [2.05, 4.69) is 0 Å². The maximum Gasteiger partial charge on any atom is 0.159 e. The third kappa shape index (κ3) is 2.95. The van der Waals surface area contributed by atoms with Crippen LogP contribution in [0.1, 0.15) is 37.2 Å². The third-order valence-corrected chi connectivity index (χ3v) is 3.63. The van der Waals surface area contributed by atoms with Crippen LogP contribution in [-0.2, 0) is 0 Å². The number of hydrogen-bond donors (Lipinski definition) is 0. The van der Waals surface area contributed by atoms with Crippen LogP contribution in [0.25, 0.3) is 0 Å². The van der Waals surface area contributed by atoms with E-state index in [9.17, 15) is 8.78 Å². The maximum atomic E-state index is 13.2. The van der Waals surface area contributed by atoms with Gasteiger partial charge in [-0.25, -0.2) is 8.78 Å². The summed E-state index contributed by atoms with van der Waals surface area (Å²) in [5, 5.41) is 8.47. The Kier molecular flexibility index (Phi) is 4.09. The molecule has 0 aromatic heterocycles. The van der Waals surface area contributed by atoms with Crippen LogP contribution in [0.4, 0.5) is 8.78 Å². The fourth-order valence-corrected chi connectivity index (χ4v) is 2.59. The molecule has 0 bridgehead atoms. The lowest BCUT2D eigenvalue weighted by Gasteiger charge is -2.27. The SMILES string of the molecule is N#C/C=C/[C@H]1CC[C@H](c2ccc(F)c(F)c2)CC1. The Morgan fingerprint density at radius 3 is 2.44 bits per heavy atom. The summed E-state index contributed by atoms with van der Waals surface area (Å²) in [6.07, 6.45) is 7.41. The lowest BCUT2D eigenvalue weighted by atomic mass is 9.78. The van der Waals surface area contributed by atoms with Crippen LogP contribution in [0.3, 0.4) is 0 Å². The van der Waals surface area contributed by atoms with Gasteiger partial charge >= 0.3 is 0 Å². The molecule has 0 amide bonds. The van der Waals surface area contributed by atoms with Crippen molar-refractivity contribution in [2.24, 2.45) is 5.92 Å². The molecule has 0 heterocycles. The van der Waals surface area contributed by atoms with E-state index in [0.29, 0.717) is 11.8 Å². The smallest absolute Gasteiger partial charge is 0.159 e. The van der Waals surface area contributed by atoms with Crippen molar-refractivity contribution in [1.82, 2.24) is 0 Å². The van der Waals surface area contributed by atoms with E-state index < -0.39 is 11.6 Å². The van der Waals surface area contributed by atoms with E-state index in [4.69, 9.17) is 5.26 Å². The zero-order valence-electron chi connectivity index (χ0n) is 10.1. The molecule has 0 radical (unpaired) electrons. The van der Waals surface area contributed by atoms with E-state index in [1.165, 1.54) is 18.2 Å². The van der Waals surface area contributed by atoms with Gasteiger partial charge in [0, 0.05) is 6.08 Å². The first kappa shape index (κ1) is 12.8. The quantitative estimate of drug-likeness (QED) is 0.714. The van der Waals surface area contributed by atoms with Gasteiger partial charge in [-0.05, 0) is 55.2 Å². The highest BCUT2D eigenvalue weighted by atomic mass is 19.2. The first-order chi connectivity index (χ1) is 8.70. The van der Waals surface area contributed by atoms with Crippen molar-refractivity contribution < 1.29 is 8.78 Å². The second-order valence-corrected chi connectivity index (χ2v) is 4.77. The van der Waals surface area contributed by atoms with E-state index in [0.717, 1.165) is 31.2 Å². The molecular formula is C15H15F2N. The monoisotopic (exact) mass is 247 g/mol. The number of benzene rings is 1. The molecule has 1 aliphatic rings.